The number of hydrogen-bond donors (Lipinski definition) is 0. The van der Waals surface area contributed by atoms with Crippen LogP contribution < -0.4 is 4.57 Å². The molecule has 1 aromatic carbocycles. The summed E-state index contributed by atoms with van der Waals surface area (Å²) >= 11 is 5.32. The van der Waals surface area contributed by atoms with E-state index in [-0.39, 0.29) is 11.6 Å². The van der Waals surface area contributed by atoms with Crippen LogP contribution in [-0.2, 0) is 12.6 Å². The van der Waals surface area contributed by atoms with Gasteiger partial charge in [0.25, 0.3) is 0 Å². The number of aliphatic imine (C=N–C) groups is 1. The van der Waals surface area contributed by atoms with Gasteiger partial charge >= 0.3 is 0 Å². The summed E-state index contributed by atoms with van der Waals surface area (Å²) in [7, 11) is 0. The zero-order valence-corrected chi connectivity index (χ0v) is 13.3. The Hall–Kier alpha value is -2.14. The lowest BCUT2D eigenvalue weighted by atomic mass is 10.0. The highest BCUT2D eigenvalue weighted by Crippen LogP contribution is 2.13. The number of carbonyl (C=O) groups excluding carboxylic acids is 1. The molecule has 1 heterocycles. The number of aryl methyl sites for hydroxylation is 1. The van der Waals surface area contributed by atoms with Crippen molar-refractivity contribution in [2.45, 2.75) is 19.9 Å². The highest BCUT2D eigenvalue weighted by Gasteiger charge is 2.28. The van der Waals surface area contributed by atoms with E-state index < -0.39 is 6.04 Å². The molecule has 5 heteroatoms. The van der Waals surface area contributed by atoms with Gasteiger partial charge in [-0.25, -0.2) is 4.39 Å². The van der Waals surface area contributed by atoms with E-state index in [0.717, 1.165) is 5.56 Å². The highest BCUT2D eigenvalue weighted by atomic mass is 32.1. The van der Waals surface area contributed by atoms with E-state index in [9.17, 15) is 9.18 Å². The number of ketones is 1. The number of pyridine rings is 1. The molecule has 1 unspecified atom stereocenters. The lowest BCUT2D eigenvalue weighted by Gasteiger charge is -2.18. The van der Waals surface area contributed by atoms with Crippen LogP contribution in [0.5, 0.6) is 0 Å². The molecule has 3 nitrogen and oxygen atoms in total. The number of Topliss-reactive ketones (excluding diaryl/α,β-unsaturated/α-hetero) is 1. The summed E-state index contributed by atoms with van der Waals surface area (Å²) in [5.41, 5.74) is 1.42. The zero-order valence-electron chi connectivity index (χ0n) is 12.5. The van der Waals surface area contributed by atoms with Crippen LogP contribution in [0.25, 0.3) is 0 Å². The predicted molar refractivity (Wildman–Crippen MR) is 86.5 cm³/mol. The van der Waals surface area contributed by atoms with Crippen LogP contribution in [0.15, 0.2) is 53.8 Å². The first-order valence-corrected chi connectivity index (χ1v) is 7.42. The molecule has 22 heavy (non-hydrogen) atoms. The lowest BCUT2D eigenvalue weighted by molar-refractivity contribution is -0.692. The summed E-state index contributed by atoms with van der Waals surface area (Å²) in [6, 6.07) is 8.58. The molecule has 0 saturated carbocycles. The van der Waals surface area contributed by atoms with Crippen LogP contribution in [-0.4, -0.2) is 17.4 Å². The topological polar surface area (TPSA) is 33.3 Å². The highest BCUT2D eigenvalue weighted by molar-refractivity contribution is 7.77. The third-order valence-corrected chi connectivity index (χ3v) is 3.55. The average Bonchev–Trinajstić information content (AvgIpc) is 2.48. The molecule has 0 saturated heterocycles. The maximum Gasteiger partial charge on any atom is 0.237 e. The van der Waals surface area contributed by atoms with E-state index in [2.05, 4.69) is 4.99 Å². The zero-order chi connectivity index (χ0) is 16.1. The smallest absolute Gasteiger partial charge is 0.237 e. The van der Waals surface area contributed by atoms with Crippen LogP contribution in [0.2, 0.25) is 0 Å². The normalized spacial score (nSPS) is 13.0. The first-order chi connectivity index (χ1) is 10.5. The van der Waals surface area contributed by atoms with Crippen molar-refractivity contribution in [3.8, 4) is 0 Å². The molecule has 0 aliphatic heterocycles. The first-order valence-electron chi connectivity index (χ1n) is 7.01. The summed E-state index contributed by atoms with van der Waals surface area (Å²) in [5.74, 6) is -0.574. The van der Waals surface area contributed by atoms with E-state index in [1.54, 1.807) is 10.8 Å². The summed E-state index contributed by atoms with van der Waals surface area (Å²) in [4.78, 5) is 17.0. The molecule has 0 spiro atoms. The van der Waals surface area contributed by atoms with Gasteiger partial charge in [-0.3, -0.25) is 4.79 Å². The average molecular weight is 316 g/mol. The van der Waals surface area contributed by atoms with Gasteiger partial charge < -0.3 is 17.6 Å². The molecule has 2 aromatic rings. The van der Waals surface area contributed by atoms with Crippen LogP contribution in [0.4, 0.5) is 4.39 Å². The van der Waals surface area contributed by atoms with Gasteiger partial charge in [0, 0.05) is 23.7 Å². The minimum absolute atomic E-state index is 0.196. The summed E-state index contributed by atoms with van der Waals surface area (Å²) in [6.07, 6.45) is 3.64. The molecule has 2 rings (SSSR count). The van der Waals surface area contributed by atoms with E-state index in [1.165, 1.54) is 24.3 Å². The molecule has 0 N–H and O–H groups in total. The fourth-order valence-corrected chi connectivity index (χ4v) is 2.52. The molecule has 0 aliphatic rings. The molecule has 0 amide bonds. The minimum atomic E-state index is -0.694. The maximum absolute atomic E-state index is 13.0. The Morgan fingerprint density at radius 1 is 1.32 bits per heavy atom. The van der Waals surface area contributed by atoms with E-state index >= 15 is 0 Å². The van der Waals surface area contributed by atoms with Crippen molar-refractivity contribution < 1.29 is 13.8 Å². The third kappa shape index (κ3) is 3.74. The largest absolute Gasteiger partial charge is 0.758 e. The molecule has 1 aromatic heterocycles. The van der Waals surface area contributed by atoms with Crippen molar-refractivity contribution in [2.75, 3.05) is 6.54 Å². The number of nitrogens with zero attached hydrogens (tertiary/aromatic N) is 2. The second-order valence-electron chi connectivity index (χ2n) is 4.91. The van der Waals surface area contributed by atoms with Crippen LogP contribution in [0.3, 0.4) is 0 Å². The third-order valence-electron chi connectivity index (χ3n) is 3.19. The van der Waals surface area contributed by atoms with Crippen LogP contribution in [0, 0.1) is 12.7 Å². The predicted octanol–water partition coefficient (Wildman–Crippen LogP) is 2.81. The fraction of sp³-hybridized carbons (Fsp3) is 0.235. The van der Waals surface area contributed by atoms with Gasteiger partial charge in [0.2, 0.25) is 11.8 Å². The van der Waals surface area contributed by atoms with E-state index in [1.807, 2.05) is 32.2 Å². The molecule has 1 atom stereocenters. The summed E-state index contributed by atoms with van der Waals surface area (Å²) in [5, 5.41) is 0.326. The Balaban J connectivity index is 2.46. The van der Waals surface area contributed by atoms with Crippen molar-refractivity contribution >= 4 is 23.5 Å². The molecular weight excluding hydrogens is 299 g/mol. The molecular formula is C17H17FN2OS. The quantitative estimate of drug-likeness (QED) is 0.279. The standard InChI is InChI=1S/C17H17FN2OS/c1-3-19-17(22)15(20-10-4-5-12(2)11-20)16(21)13-6-8-14(18)9-7-13/h4-11,15H,3H2,1-2H3. The Kier molecular flexibility index (Phi) is 5.33. The number of rotatable bonds is 5. The molecule has 0 radical (unpaired) electrons. The number of hydrogen-bond acceptors (Lipinski definition) is 3. The van der Waals surface area contributed by atoms with Gasteiger partial charge in [-0.1, -0.05) is 0 Å². The van der Waals surface area contributed by atoms with Crippen molar-refractivity contribution in [3.63, 3.8) is 0 Å². The van der Waals surface area contributed by atoms with Gasteiger partial charge in [0.05, 0.1) is 0 Å². The molecule has 0 aliphatic carbocycles. The Morgan fingerprint density at radius 2 is 2.00 bits per heavy atom. The summed E-state index contributed by atoms with van der Waals surface area (Å²) < 4.78 is 14.8. The molecule has 114 valence electrons. The van der Waals surface area contributed by atoms with Crippen molar-refractivity contribution in [1.82, 2.24) is 0 Å². The van der Waals surface area contributed by atoms with Gasteiger partial charge in [0.15, 0.2) is 12.4 Å². The Bertz CT molecular complexity index is 698. The van der Waals surface area contributed by atoms with Gasteiger partial charge in [-0.2, -0.15) is 4.57 Å². The Morgan fingerprint density at radius 3 is 2.59 bits per heavy atom. The Labute approximate surface area is 134 Å². The second kappa shape index (κ2) is 7.22. The summed E-state index contributed by atoms with van der Waals surface area (Å²) in [6.45, 7) is 4.32. The van der Waals surface area contributed by atoms with Crippen molar-refractivity contribution in [2.24, 2.45) is 4.99 Å². The number of aromatic nitrogens is 1. The molecule has 0 fully saturated rings. The number of benzene rings is 1. The minimum Gasteiger partial charge on any atom is -0.758 e. The van der Waals surface area contributed by atoms with Crippen LogP contribution in [0.1, 0.15) is 28.9 Å². The monoisotopic (exact) mass is 316 g/mol. The first kappa shape index (κ1) is 16.2. The van der Waals surface area contributed by atoms with Gasteiger partial charge in [0.1, 0.15) is 5.82 Å². The lowest BCUT2D eigenvalue weighted by Crippen LogP contribution is -2.47. The fourth-order valence-electron chi connectivity index (χ4n) is 2.17. The van der Waals surface area contributed by atoms with Crippen LogP contribution >= 0.6 is 0 Å². The second-order valence-corrected chi connectivity index (χ2v) is 5.33. The number of halogens is 1. The van der Waals surface area contributed by atoms with Gasteiger partial charge in [-0.05, 0) is 49.2 Å². The van der Waals surface area contributed by atoms with E-state index in [0.29, 0.717) is 17.2 Å². The van der Waals surface area contributed by atoms with Crippen molar-refractivity contribution in [3.05, 3.63) is 65.7 Å². The van der Waals surface area contributed by atoms with Gasteiger partial charge in [-0.15, -0.1) is 0 Å². The maximum atomic E-state index is 13.0. The molecule has 0 bridgehead atoms. The van der Waals surface area contributed by atoms with E-state index in [4.69, 9.17) is 12.6 Å². The van der Waals surface area contributed by atoms with Crippen molar-refractivity contribution in [1.29, 1.82) is 0 Å². The SMILES string of the molecule is CCN=C([S-])C(C(=O)c1ccc(F)cc1)[n+]1cccc(C)c1. The number of carbonyl (C=O) groups is 1.